The van der Waals surface area contributed by atoms with E-state index in [2.05, 4.69) is 20.6 Å². The molecule has 0 saturated heterocycles. The van der Waals surface area contributed by atoms with Crippen LogP contribution in [-0.4, -0.2) is 27.3 Å². The maximum atomic E-state index is 12.7. The van der Waals surface area contributed by atoms with Crippen molar-refractivity contribution in [3.05, 3.63) is 52.0 Å². The van der Waals surface area contributed by atoms with E-state index in [4.69, 9.17) is 11.6 Å². The smallest absolute Gasteiger partial charge is 0.360 e. The number of aryl methyl sites for hydroxylation is 1. The molecule has 10 heteroatoms. The van der Waals surface area contributed by atoms with Gasteiger partial charge in [-0.15, -0.1) is 0 Å². The molecule has 2 N–H and O–H groups in total. The van der Waals surface area contributed by atoms with Crippen LogP contribution in [-0.2, 0) is 6.54 Å². The minimum Gasteiger partial charge on any atom is -0.360 e. The van der Waals surface area contributed by atoms with E-state index in [9.17, 15) is 18.0 Å². The second-order valence-electron chi connectivity index (χ2n) is 5.68. The Morgan fingerprint density at radius 1 is 1.22 bits per heavy atom. The monoisotopic (exact) mass is 397 g/mol. The fourth-order valence-electron chi connectivity index (χ4n) is 2.53. The summed E-state index contributed by atoms with van der Waals surface area (Å²) in [6, 6.07) is 6.35. The van der Waals surface area contributed by atoms with E-state index in [1.54, 1.807) is 37.4 Å². The third-order valence-corrected chi connectivity index (χ3v) is 3.97. The highest BCUT2D eigenvalue weighted by Crippen LogP contribution is 2.26. The summed E-state index contributed by atoms with van der Waals surface area (Å²) in [7, 11) is 0. The fourth-order valence-corrected chi connectivity index (χ4v) is 2.69. The van der Waals surface area contributed by atoms with Crippen LogP contribution in [0.1, 0.15) is 6.92 Å². The summed E-state index contributed by atoms with van der Waals surface area (Å²) in [4.78, 5) is 20.8. The van der Waals surface area contributed by atoms with Gasteiger partial charge in [-0.25, -0.2) is 9.97 Å². The molecule has 0 aliphatic carbocycles. The first-order chi connectivity index (χ1) is 12.8. The Bertz CT molecular complexity index is 1040. The molecule has 0 aliphatic heterocycles. The van der Waals surface area contributed by atoms with Gasteiger partial charge in [-0.1, -0.05) is 11.6 Å². The number of aromatic nitrogens is 3. The molecule has 0 bridgehead atoms. The van der Waals surface area contributed by atoms with Crippen LogP contribution in [0.4, 0.5) is 30.6 Å². The van der Waals surface area contributed by atoms with Crippen molar-refractivity contribution in [1.29, 1.82) is 0 Å². The van der Waals surface area contributed by atoms with E-state index in [-0.39, 0.29) is 17.0 Å². The third-order valence-electron chi connectivity index (χ3n) is 3.73. The highest BCUT2D eigenvalue weighted by molar-refractivity contribution is 6.30. The van der Waals surface area contributed by atoms with Crippen LogP contribution in [0.2, 0.25) is 5.02 Å². The number of hydrogen-bond acceptors (Lipinski definition) is 5. The zero-order valence-electron chi connectivity index (χ0n) is 14.1. The Labute approximate surface area is 157 Å². The third kappa shape index (κ3) is 4.48. The number of halogens is 4. The first kappa shape index (κ1) is 19.0. The molecule has 3 rings (SSSR count). The maximum absolute atomic E-state index is 12.7. The van der Waals surface area contributed by atoms with Crippen LogP contribution < -0.4 is 16.2 Å². The average molecular weight is 398 g/mol. The van der Waals surface area contributed by atoms with E-state index >= 15 is 0 Å². The van der Waals surface area contributed by atoms with Gasteiger partial charge in [-0.2, -0.15) is 13.2 Å². The molecule has 3 aromatic heterocycles. The van der Waals surface area contributed by atoms with Crippen molar-refractivity contribution in [2.24, 2.45) is 0 Å². The summed E-state index contributed by atoms with van der Waals surface area (Å²) >= 11 is 5.91. The number of pyridine rings is 3. The number of alkyl halides is 3. The molecule has 0 atom stereocenters. The molecule has 3 heterocycles. The number of hydrogen-bond donors (Lipinski definition) is 2. The topological polar surface area (TPSA) is 71.8 Å². The molecule has 0 aliphatic rings. The molecule has 3 aromatic rings. The number of rotatable bonds is 5. The van der Waals surface area contributed by atoms with Gasteiger partial charge in [0.05, 0.1) is 5.39 Å². The predicted octanol–water partition coefficient (Wildman–Crippen LogP) is 4.18. The van der Waals surface area contributed by atoms with E-state index in [1.807, 2.05) is 0 Å². The first-order valence-corrected chi connectivity index (χ1v) is 8.38. The molecule has 0 amide bonds. The van der Waals surface area contributed by atoms with E-state index in [0.29, 0.717) is 22.8 Å². The van der Waals surface area contributed by atoms with Gasteiger partial charge in [-0.05, 0) is 36.6 Å². The van der Waals surface area contributed by atoms with Crippen molar-refractivity contribution >= 4 is 39.8 Å². The highest BCUT2D eigenvalue weighted by Gasteiger charge is 2.27. The molecule has 0 radical (unpaired) electrons. The largest absolute Gasteiger partial charge is 0.405 e. The summed E-state index contributed by atoms with van der Waals surface area (Å²) in [5.41, 5.74) is -0.417. The highest BCUT2D eigenvalue weighted by atomic mass is 35.5. The minimum atomic E-state index is -4.45. The van der Waals surface area contributed by atoms with E-state index < -0.39 is 18.3 Å². The molecular weight excluding hydrogens is 383 g/mol. The van der Waals surface area contributed by atoms with Crippen molar-refractivity contribution in [2.75, 3.05) is 17.2 Å². The maximum Gasteiger partial charge on any atom is 0.405 e. The van der Waals surface area contributed by atoms with Crippen molar-refractivity contribution in [1.82, 2.24) is 14.5 Å². The lowest BCUT2D eigenvalue weighted by molar-refractivity contribution is -0.115. The summed E-state index contributed by atoms with van der Waals surface area (Å²) < 4.78 is 39.4. The van der Waals surface area contributed by atoms with Gasteiger partial charge in [0, 0.05) is 24.0 Å². The predicted molar refractivity (Wildman–Crippen MR) is 98.8 cm³/mol. The van der Waals surface area contributed by atoms with Crippen LogP contribution in [0.15, 0.2) is 41.5 Å². The molecule has 142 valence electrons. The number of nitrogens with zero attached hydrogens (tertiary/aromatic N) is 3. The number of anilines is 3. The SMILES string of the molecule is CCn1ccc2cc(Nc3cc(Cl)ccn3)nc(NCC(F)(F)F)c2c1=O. The number of nitrogens with one attached hydrogen (secondary N) is 2. The lowest BCUT2D eigenvalue weighted by Gasteiger charge is -2.14. The van der Waals surface area contributed by atoms with E-state index in [0.717, 1.165) is 0 Å². The van der Waals surface area contributed by atoms with Gasteiger partial charge < -0.3 is 15.2 Å². The lowest BCUT2D eigenvalue weighted by atomic mass is 10.2. The number of fused-ring (bicyclic) bond motifs is 1. The normalized spacial score (nSPS) is 11.6. The van der Waals surface area contributed by atoms with Crippen LogP contribution in [0, 0.1) is 0 Å². The second kappa shape index (κ2) is 7.43. The molecule has 27 heavy (non-hydrogen) atoms. The van der Waals surface area contributed by atoms with Crippen LogP contribution >= 0.6 is 11.6 Å². The van der Waals surface area contributed by atoms with Gasteiger partial charge in [0.25, 0.3) is 5.56 Å². The Morgan fingerprint density at radius 3 is 2.67 bits per heavy atom. The van der Waals surface area contributed by atoms with Crippen LogP contribution in [0.25, 0.3) is 10.8 Å². The Hall–Kier alpha value is -2.81. The first-order valence-electron chi connectivity index (χ1n) is 8.00. The summed E-state index contributed by atoms with van der Waals surface area (Å²) in [6.07, 6.45) is -1.39. The van der Waals surface area contributed by atoms with Crippen LogP contribution in [0.3, 0.4) is 0 Å². The Morgan fingerprint density at radius 2 is 2.00 bits per heavy atom. The molecular formula is C17H15ClF3N5O. The molecule has 0 aromatic carbocycles. The zero-order chi connectivity index (χ0) is 19.6. The van der Waals surface area contributed by atoms with Crippen LogP contribution in [0.5, 0.6) is 0 Å². The molecule has 0 unspecified atom stereocenters. The van der Waals surface area contributed by atoms with Crippen molar-refractivity contribution in [2.45, 2.75) is 19.6 Å². The van der Waals surface area contributed by atoms with E-state index in [1.165, 1.54) is 10.8 Å². The second-order valence-corrected chi connectivity index (χ2v) is 6.12. The van der Waals surface area contributed by atoms with Crippen molar-refractivity contribution in [3.8, 4) is 0 Å². The van der Waals surface area contributed by atoms with Crippen molar-refractivity contribution in [3.63, 3.8) is 0 Å². The minimum absolute atomic E-state index is 0.0909. The standard InChI is InChI=1S/C17H15ClF3N5O/c1-2-26-6-4-10-7-13(24-12-8-11(18)3-5-22-12)25-15(14(10)16(26)27)23-9-17(19,20)21/h3-8H,2,9H2,1H3,(H2,22,23,24,25). The fraction of sp³-hybridized carbons (Fsp3) is 0.235. The van der Waals surface area contributed by atoms with Gasteiger partial charge in [-0.3, -0.25) is 4.79 Å². The lowest BCUT2D eigenvalue weighted by Crippen LogP contribution is -2.24. The van der Waals surface area contributed by atoms with Crippen molar-refractivity contribution < 1.29 is 13.2 Å². The summed E-state index contributed by atoms with van der Waals surface area (Å²) in [5.74, 6) is 0.454. The molecule has 6 nitrogen and oxygen atoms in total. The van der Waals surface area contributed by atoms with Gasteiger partial charge in [0.1, 0.15) is 24.0 Å². The quantitative estimate of drug-likeness (QED) is 0.675. The summed E-state index contributed by atoms with van der Waals surface area (Å²) in [5, 5.41) is 6.09. The Kier molecular flexibility index (Phi) is 5.22. The Balaban J connectivity index is 2.09. The summed E-state index contributed by atoms with van der Waals surface area (Å²) in [6.45, 7) is 0.846. The molecule has 0 saturated carbocycles. The van der Waals surface area contributed by atoms with Gasteiger partial charge >= 0.3 is 6.18 Å². The average Bonchev–Trinajstić information content (AvgIpc) is 2.59. The molecule has 0 fully saturated rings. The van der Waals surface area contributed by atoms with Gasteiger partial charge in [0.15, 0.2) is 0 Å². The zero-order valence-corrected chi connectivity index (χ0v) is 14.9. The van der Waals surface area contributed by atoms with Gasteiger partial charge in [0.2, 0.25) is 0 Å². The molecule has 0 spiro atoms.